The van der Waals surface area contributed by atoms with E-state index in [4.69, 9.17) is 0 Å². The van der Waals surface area contributed by atoms with Gasteiger partial charge in [-0.1, -0.05) is 44.2 Å². The molecule has 1 fully saturated rings. The Kier molecular flexibility index (Phi) is 5.58. The second-order valence-corrected chi connectivity index (χ2v) is 6.02. The molecule has 3 nitrogen and oxygen atoms in total. The van der Waals surface area contributed by atoms with Gasteiger partial charge in [0.2, 0.25) is 0 Å². The van der Waals surface area contributed by atoms with Crippen LogP contribution in [0.3, 0.4) is 0 Å². The summed E-state index contributed by atoms with van der Waals surface area (Å²) in [6.07, 6.45) is 2.81. The van der Waals surface area contributed by atoms with E-state index < -0.39 is 5.60 Å². The van der Waals surface area contributed by atoms with Crippen molar-refractivity contribution in [3.8, 4) is 0 Å². The molecule has 0 bridgehead atoms. The first kappa shape index (κ1) is 15.5. The highest BCUT2D eigenvalue weighted by Gasteiger charge is 2.26. The molecule has 0 spiro atoms. The van der Waals surface area contributed by atoms with Gasteiger partial charge in [0, 0.05) is 32.2 Å². The Bertz CT molecular complexity index is 389. The van der Waals surface area contributed by atoms with Crippen LogP contribution in [0, 0.1) is 0 Å². The van der Waals surface area contributed by atoms with E-state index in [9.17, 15) is 5.11 Å². The zero-order valence-corrected chi connectivity index (χ0v) is 12.8. The summed E-state index contributed by atoms with van der Waals surface area (Å²) >= 11 is 0. The fourth-order valence-electron chi connectivity index (χ4n) is 2.82. The SMILES string of the molecule is CCC(O)(CC)CNC1CCN(Cc2ccccc2)C1. The topological polar surface area (TPSA) is 35.5 Å². The van der Waals surface area contributed by atoms with Crippen LogP contribution < -0.4 is 5.32 Å². The van der Waals surface area contributed by atoms with Crippen molar-refractivity contribution in [1.29, 1.82) is 0 Å². The smallest absolute Gasteiger partial charge is 0.0766 e. The maximum atomic E-state index is 10.3. The fraction of sp³-hybridized carbons (Fsp3) is 0.647. The van der Waals surface area contributed by atoms with Crippen molar-refractivity contribution in [3.63, 3.8) is 0 Å². The third-order valence-corrected chi connectivity index (χ3v) is 4.56. The summed E-state index contributed by atoms with van der Waals surface area (Å²) in [6, 6.07) is 11.2. The second-order valence-electron chi connectivity index (χ2n) is 6.02. The maximum absolute atomic E-state index is 10.3. The van der Waals surface area contributed by atoms with E-state index in [-0.39, 0.29) is 0 Å². The minimum absolute atomic E-state index is 0.517. The van der Waals surface area contributed by atoms with Crippen LogP contribution in [-0.4, -0.2) is 41.3 Å². The van der Waals surface area contributed by atoms with Gasteiger partial charge < -0.3 is 10.4 Å². The predicted octanol–water partition coefficient (Wildman–Crippen LogP) is 2.40. The molecule has 0 amide bonds. The lowest BCUT2D eigenvalue weighted by molar-refractivity contribution is 0.0301. The summed E-state index contributed by atoms with van der Waals surface area (Å²) in [5.74, 6) is 0. The Morgan fingerprint density at radius 2 is 1.95 bits per heavy atom. The van der Waals surface area contributed by atoms with Crippen molar-refractivity contribution < 1.29 is 5.11 Å². The zero-order chi connectivity index (χ0) is 14.4. The number of hydrogen-bond donors (Lipinski definition) is 2. The van der Waals surface area contributed by atoms with Crippen LogP contribution in [0.25, 0.3) is 0 Å². The molecule has 0 saturated carbocycles. The Hall–Kier alpha value is -0.900. The molecule has 0 aliphatic carbocycles. The molecule has 1 saturated heterocycles. The predicted molar refractivity (Wildman–Crippen MR) is 83.7 cm³/mol. The molecule has 20 heavy (non-hydrogen) atoms. The monoisotopic (exact) mass is 276 g/mol. The van der Waals surface area contributed by atoms with E-state index in [0.29, 0.717) is 12.6 Å². The van der Waals surface area contributed by atoms with Crippen molar-refractivity contribution in [2.75, 3.05) is 19.6 Å². The van der Waals surface area contributed by atoms with Crippen molar-refractivity contribution in [2.24, 2.45) is 0 Å². The summed E-state index contributed by atoms with van der Waals surface area (Å²) < 4.78 is 0. The van der Waals surface area contributed by atoms with Crippen LogP contribution in [0.15, 0.2) is 30.3 Å². The van der Waals surface area contributed by atoms with Gasteiger partial charge in [-0.25, -0.2) is 0 Å². The normalized spacial score (nSPS) is 20.4. The lowest BCUT2D eigenvalue weighted by Crippen LogP contribution is -2.44. The third kappa shape index (κ3) is 4.30. The number of likely N-dealkylation sites (tertiary alicyclic amines) is 1. The average Bonchev–Trinajstić information content (AvgIpc) is 2.93. The molecule has 2 rings (SSSR count). The standard InChI is InChI=1S/C17H28N2O/c1-3-17(20,4-2)14-18-16-10-11-19(13-16)12-15-8-6-5-7-9-15/h5-9,16,18,20H,3-4,10-14H2,1-2H3. The van der Waals surface area contributed by atoms with Crippen LogP contribution in [-0.2, 0) is 6.54 Å². The molecule has 1 aromatic carbocycles. The van der Waals surface area contributed by atoms with Crippen LogP contribution in [0.4, 0.5) is 0 Å². The quantitative estimate of drug-likeness (QED) is 0.803. The van der Waals surface area contributed by atoms with Gasteiger partial charge in [0.1, 0.15) is 0 Å². The molecule has 1 aromatic rings. The van der Waals surface area contributed by atoms with Gasteiger partial charge in [-0.05, 0) is 24.8 Å². The molecule has 1 atom stereocenters. The first-order valence-electron chi connectivity index (χ1n) is 7.87. The van der Waals surface area contributed by atoms with Crippen molar-refractivity contribution in [1.82, 2.24) is 10.2 Å². The van der Waals surface area contributed by atoms with Crippen LogP contribution in [0.1, 0.15) is 38.7 Å². The Balaban J connectivity index is 1.75. The summed E-state index contributed by atoms with van der Waals surface area (Å²) in [5, 5.41) is 13.9. The van der Waals surface area contributed by atoms with E-state index in [0.717, 1.165) is 32.5 Å². The van der Waals surface area contributed by atoms with Gasteiger partial charge in [-0.3, -0.25) is 4.90 Å². The Labute approximate surface area is 123 Å². The number of aliphatic hydroxyl groups is 1. The minimum Gasteiger partial charge on any atom is -0.389 e. The lowest BCUT2D eigenvalue weighted by Gasteiger charge is -2.27. The van der Waals surface area contributed by atoms with Crippen molar-refractivity contribution in [3.05, 3.63) is 35.9 Å². The number of benzene rings is 1. The lowest BCUT2D eigenvalue weighted by atomic mass is 9.97. The molecule has 3 heteroatoms. The van der Waals surface area contributed by atoms with Crippen LogP contribution in [0.2, 0.25) is 0 Å². The van der Waals surface area contributed by atoms with E-state index in [1.165, 1.54) is 12.0 Å². The van der Waals surface area contributed by atoms with Crippen LogP contribution in [0.5, 0.6) is 0 Å². The van der Waals surface area contributed by atoms with Gasteiger partial charge >= 0.3 is 0 Å². The van der Waals surface area contributed by atoms with E-state index in [2.05, 4.69) is 54.4 Å². The van der Waals surface area contributed by atoms with Gasteiger partial charge in [-0.2, -0.15) is 0 Å². The molecule has 0 radical (unpaired) electrons. The molecule has 1 aliphatic heterocycles. The van der Waals surface area contributed by atoms with Gasteiger partial charge in [0.05, 0.1) is 5.60 Å². The highest BCUT2D eigenvalue weighted by atomic mass is 16.3. The Morgan fingerprint density at radius 1 is 1.25 bits per heavy atom. The second kappa shape index (κ2) is 7.21. The maximum Gasteiger partial charge on any atom is 0.0766 e. The van der Waals surface area contributed by atoms with E-state index >= 15 is 0 Å². The molecule has 1 heterocycles. The largest absolute Gasteiger partial charge is 0.389 e. The van der Waals surface area contributed by atoms with E-state index in [1.54, 1.807) is 0 Å². The van der Waals surface area contributed by atoms with Crippen molar-refractivity contribution in [2.45, 2.75) is 51.3 Å². The van der Waals surface area contributed by atoms with Gasteiger partial charge in [0.25, 0.3) is 0 Å². The van der Waals surface area contributed by atoms with Crippen molar-refractivity contribution >= 4 is 0 Å². The van der Waals surface area contributed by atoms with Gasteiger partial charge in [-0.15, -0.1) is 0 Å². The van der Waals surface area contributed by atoms with E-state index in [1.807, 2.05) is 0 Å². The van der Waals surface area contributed by atoms with Crippen LogP contribution >= 0.6 is 0 Å². The molecular formula is C17H28N2O. The molecule has 112 valence electrons. The minimum atomic E-state index is -0.535. The highest BCUT2D eigenvalue weighted by Crippen LogP contribution is 2.17. The summed E-state index contributed by atoms with van der Waals surface area (Å²) in [6.45, 7) is 8.08. The number of rotatable bonds is 7. The fourth-order valence-corrected chi connectivity index (χ4v) is 2.82. The first-order valence-corrected chi connectivity index (χ1v) is 7.87. The number of hydrogen-bond acceptors (Lipinski definition) is 3. The molecule has 0 aromatic heterocycles. The van der Waals surface area contributed by atoms with Gasteiger partial charge in [0.15, 0.2) is 0 Å². The average molecular weight is 276 g/mol. The molecular weight excluding hydrogens is 248 g/mol. The molecule has 1 unspecified atom stereocenters. The number of nitrogens with zero attached hydrogens (tertiary/aromatic N) is 1. The Morgan fingerprint density at radius 3 is 2.60 bits per heavy atom. The third-order valence-electron chi connectivity index (χ3n) is 4.56. The summed E-state index contributed by atoms with van der Waals surface area (Å²) in [4.78, 5) is 2.49. The molecule has 1 aliphatic rings. The first-order chi connectivity index (χ1) is 9.65. The molecule has 2 N–H and O–H groups in total. The summed E-state index contributed by atoms with van der Waals surface area (Å²) in [7, 11) is 0. The highest BCUT2D eigenvalue weighted by molar-refractivity contribution is 5.14. The summed E-state index contributed by atoms with van der Waals surface area (Å²) in [5.41, 5.74) is 0.846. The zero-order valence-electron chi connectivity index (χ0n) is 12.8. The number of nitrogens with one attached hydrogen (secondary N) is 1.